The molecule has 0 spiro atoms. The van der Waals surface area contributed by atoms with Crippen molar-refractivity contribution in [3.8, 4) is 0 Å². The number of carboxylic acid groups (broad SMARTS) is 1. The number of hydrogen-bond acceptors (Lipinski definition) is 8. The number of aliphatic carboxylic acids is 1. The summed E-state index contributed by atoms with van der Waals surface area (Å²) < 4.78 is 6.21. The number of benzene rings is 1. The summed E-state index contributed by atoms with van der Waals surface area (Å²) in [5.41, 5.74) is 0.767. The third kappa shape index (κ3) is 7.33. The van der Waals surface area contributed by atoms with Crippen LogP contribution in [-0.4, -0.2) is 50.8 Å². The zero-order valence-electron chi connectivity index (χ0n) is 18.6. The quantitative estimate of drug-likeness (QED) is 0.311. The van der Waals surface area contributed by atoms with Gasteiger partial charge >= 0.3 is 17.8 Å². The monoisotopic (exact) mass is 466 g/mol. The normalized spacial score (nSPS) is 11.3. The molecular weight excluding hydrogens is 440 g/mol. The van der Waals surface area contributed by atoms with Gasteiger partial charge < -0.3 is 25.8 Å². The fourth-order valence-corrected chi connectivity index (χ4v) is 3.04. The molecule has 2 heterocycles. The topological polar surface area (TPSA) is 147 Å². The maximum absolute atomic E-state index is 12.5. The number of anilines is 2. The van der Waals surface area contributed by atoms with Gasteiger partial charge in [-0.15, -0.1) is 0 Å². The Balaban J connectivity index is 1.54. The maximum atomic E-state index is 12.5. The average Bonchev–Trinajstić information content (AvgIpc) is 2.84. The molecule has 1 amide bonds. The highest BCUT2D eigenvalue weighted by atomic mass is 16.5. The summed E-state index contributed by atoms with van der Waals surface area (Å²) in [6.45, 7) is 2.48. The standard InChI is InChI=1S/C23H26N6O5/c1-16-13-29(22(32)28-20(16)26-12-11-25-19-9-5-6-10-24-19)14-18(21(30)31)27-23(33)34-15-17-7-3-2-4-8-17/h2-10,13,18H,11-12,14-15H2,1H3,(H,24,25)(H,27,33)(H,30,31)(H,26,28,32)/t18-/m0/s1. The van der Waals surface area contributed by atoms with Crippen molar-refractivity contribution in [2.45, 2.75) is 26.1 Å². The van der Waals surface area contributed by atoms with Crippen LogP contribution in [0, 0.1) is 6.92 Å². The number of aromatic nitrogens is 3. The molecule has 1 aromatic carbocycles. The molecule has 0 aliphatic carbocycles. The van der Waals surface area contributed by atoms with E-state index in [0.29, 0.717) is 24.5 Å². The summed E-state index contributed by atoms with van der Waals surface area (Å²) in [7, 11) is 0. The molecule has 0 fully saturated rings. The number of rotatable bonds is 11. The third-order valence-corrected chi connectivity index (χ3v) is 4.75. The first-order valence-corrected chi connectivity index (χ1v) is 10.6. The van der Waals surface area contributed by atoms with E-state index >= 15 is 0 Å². The van der Waals surface area contributed by atoms with Crippen molar-refractivity contribution >= 4 is 23.7 Å². The van der Waals surface area contributed by atoms with Gasteiger partial charge in [0.1, 0.15) is 24.3 Å². The highest BCUT2D eigenvalue weighted by Gasteiger charge is 2.22. The molecule has 4 N–H and O–H groups in total. The lowest BCUT2D eigenvalue weighted by Crippen LogP contribution is -2.45. The highest BCUT2D eigenvalue weighted by molar-refractivity contribution is 5.79. The van der Waals surface area contributed by atoms with E-state index in [1.165, 1.54) is 6.20 Å². The average molecular weight is 466 g/mol. The van der Waals surface area contributed by atoms with Crippen LogP contribution >= 0.6 is 0 Å². The molecule has 3 aromatic rings. The Morgan fingerprint density at radius 2 is 1.82 bits per heavy atom. The van der Waals surface area contributed by atoms with Gasteiger partial charge in [-0.1, -0.05) is 36.4 Å². The third-order valence-electron chi connectivity index (χ3n) is 4.75. The van der Waals surface area contributed by atoms with Crippen molar-refractivity contribution in [3.05, 3.63) is 82.5 Å². The first-order valence-electron chi connectivity index (χ1n) is 10.6. The van der Waals surface area contributed by atoms with Crippen LogP contribution in [0.5, 0.6) is 0 Å². The van der Waals surface area contributed by atoms with Crippen LogP contribution in [0.2, 0.25) is 0 Å². The lowest BCUT2D eigenvalue weighted by Gasteiger charge is -2.17. The Kier molecular flexibility index (Phi) is 8.55. The second-order valence-electron chi connectivity index (χ2n) is 7.37. The molecule has 11 nitrogen and oxygen atoms in total. The largest absolute Gasteiger partial charge is 0.480 e. The predicted octanol–water partition coefficient (Wildman–Crippen LogP) is 1.85. The molecule has 0 aliphatic heterocycles. The van der Waals surface area contributed by atoms with Gasteiger partial charge in [0.15, 0.2) is 0 Å². The molecule has 2 aromatic heterocycles. The second-order valence-corrected chi connectivity index (χ2v) is 7.37. The van der Waals surface area contributed by atoms with Gasteiger partial charge in [-0.3, -0.25) is 4.57 Å². The number of carboxylic acids is 1. The van der Waals surface area contributed by atoms with Crippen LogP contribution < -0.4 is 21.6 Å². The molecule has 1 atom stereocenters. The number of alkyl carbamates (subject to hydrolysis) is 1. The van der Waals surface area contributed by atoms with Crippen molar-refractivity contribution in [3.63, 3.8) is 0 Å². The van der Waals surface area contributed by atoms with Crippen molar-refractivity contribution in [2.75, 3.05) is 23.7 Å². The van der Waals surface area contributed by atoms with Crippen LogP contribution in [0.15, 0.2) is 65.7 Å². The first kappa shape index (κ1) is 24.2. The number of nitrogens with one attached hydrogen (secondary N) is 3. The minimum atomic E-state index is -1.37. The summed E-state index contributed by atoms with van der Waals surface area (Å²) >= 11 is 0. The summed E-state index contributed by atoms with van der Waals surface area (Å²) in [6, 6.07) is 13.2. The maximum Gasteiger partial charge on any atom is 0.408 e. The Morgan fingerprint density at radius 1 is 1.09 bits per heavy atom. The summed E-state index contributed by atoms with van der Waals surface area (Å²) in [5.74, 6) is -0.172. The number of hydrogen-bond donors (Lipinski definition) is 4. The number of nitrogens with zero attached hydrogens (tertiary/aromatic N) is 3. The van der Waals surface area contributed by atoms with Crippen LogP contribution in [0.25, 0.3) is 0 Å². The van der Waals surface area contributed by atoms with Gasteiger partial charge in [0, 0.05) is 31.0 Å². The molecule has 0 saturated heterocycles. The van der Waals surface area contributed by atoms with E-state index in [4.69, 9.17) is 4.74 Å². The number of ether oxygens (including phenoxy) is 1. The summed E-state index contributed by atoms with van der Waals surface area (Å²) in [4.78, 5) is 44.3. The molecular formula is C23H26N6O5. The lowest BCUT2D eigenvalue weighted by atomic mass is 10.2. The Morgan fingerprint density at radius 3 is 2.53 bits per heavy atom. The zero-order chi connectivity index (χ0) is 24.3. The smallest absolute Gasteiger partial charge is 0.408 e. The lowest BCUT2D eigenvalue weighted by molar-refractivity contribution is -0.139. The minimum Gasteiger partial charge on any atom is -0.480 e. The fraction of sp³-hybridized carbons (Fsp3) is 0.261. The minimum absolute atomic E-state index is 0.00478. The zero-order valence-corrected chi connectivity index (χ0v) is 18.6. The highest BCUT2D eigenvalue weighted by Crippen LogP contribution is 2.08. The Labute approximate surface area is 195 Å². The van der Waals surface area contributed by atoms with Crippen LogP contribution in [0.1, 0.15) is 11.1 Å². The second kappa shape index (κ2) is 12.0. The molecule has 0 unspecified atom stereocenters. The summed E-state index contributed by atoms with van der Waals surface area (Å²) in [5, 5.41) is 18.0. The molecule has 0 bridgehead atoms. The molecule has 178 valence electrons. The number of aryl methyl sites for hydroxylation is 1. The summed E-state index contributed by atoms with van der Waals surface area (Å²) in [6.07, 6.45) is 2.29. The number of carbonyl (C=O) groups is 2. The van der Waals surface area contributed by atoms with Crippen molar-refractivity contribution < 1.29 is 19.4 Å². The van der Waals surface area contributed by atoms with Gasteiger partial charge in [0.2, 0.25) is 0 Å². The number of amides is 1. The molecule has 0 radical (unpaired) electrons. The van der Waals surface area contributed by atoms with Crippen LogP contribution in [0.3, 0.4) is 0 Å². The van der Waals surface area contributed by atoms with Gasteiger partial charge in [-0.25, -0.2) is 19.4 Å². The van der Waals surface area contributed by atoms with Crippen molar-refractivity contribution in [2.24, 2.45) is 0 Å². The van der Waals surface area contributed by atoms with Crippen molar-refractivity contribution in [1.82, 2.24) is 19.9 Å². The van der Waals surface area contributed by atoms with Gasteiger partial charge in [0.25, 0.3) is 0 Å². The SMILES string of the molecule is Cc1cn(C[C@H](NC(=O)OCc2ccccc2)C(=O)O)c(=O)nc1NCCNc1ccccn1. The molecule has 0 saturated carbocycles. The van der Waals surface area contributed by atoms with Gasteiger partial charge in [0.05, 0.1) is 6.54 Å². The van der Waals surface area contributed by atoms with Crippen LogP contribution in [0.4, 0.5) is 16.4 Å². The van der Waals surface area contributed by atoms with E-state index in [1.54, 1.807) is 37.4 Å². The fourth-order valence-electron chi connectivity index (χ4n) is 3.04. The molecule has 34 heavy (non-hydrogen) atoms. The first-order chi connectivity index (χ1) is 16.4. The van der Waals surface area contributed by atoms with Crippen LogP contribution in [-0.2, 0) is 22.7 Å². The predicted molar refractivity (Wildman–Crippen MR) is 126 cm³/mol. The molecule has 0 aliphatic rings. The van der Waals surface area contributed by atoms with Gasteiger partial charge in [-0.2, -0.15) is 4.98 Å². The van der Waals surface area contributed by atoms with Crippen molar-refractivity contribution in [1.29, 1.82) is 0 Å². The van der Waals surface area contributed by atoms with E-state index in [-0.39, 0.29) is 13.2 Å². The number of carbonyl (C=O) groups excluding carboxylic acids is 1. The van der Waals surface area contributed by atoms with Gasteiger partial charge in [-0.05, 0) is 24.6 Å². The number of pyridine rings is 1. The Hall–Kier alpha value is -4.41. The molecule has 3 rings (SSSR count). The van der Waals surface area contributed by atoms with E-state index in [0.717, 1.165) is 15.9 Å². The van der Waals surface area contributed by atoms with E-state index in [1.807, 2.05) is 24.3 Å². The molecule has 11 heteroatoms. The van der Waals surface area contributed by atoms with E-state index < -0.39 is 23.8 Å². The van der Waals surface area contributed by atoms with E-state index in [2.05, 4.69) is 25.9 Å². The van der Waals surface area contributed by atoms with E-state index in [9.17, 15) is 19.5 Å². The Bertz CT molecular complexity index is 1150.